The topological polar surface area (TPSA) is 32.3 Å². The molecule has 0 saturated carbocycles. The summed E-state index contributed by atoms with van der Waals surface area (Å²) >= 11 is 0. The summed E-state index contributed by atoms with van der Waals surface area (Å²) in [5.41, 5.74) is 0.906. The molecular weight excluding hydrogens is 267 g/mol. The van der Waals surface area contributed by atoms with Crippen LogP contribution >= 0.6 is 0 Å². The number of carbonyl (C=O) groups excluding carboxylic acids is 1. The minimum Gasteiger partial charge on any atom is -0.335 e. The number of carbonyl (C=O) groups is 1. The molecule has 1 N–H and O–H groups in total. The van der Waals surface area contributed by atoms with Crippen LogP contribution in [0.5, 0.6) is 0 Å². The molecule has 1 aromatic carbocycles. The molecule has 3 rings (SSSR count). The van der Waals surface area contributed by atoms with Gasteiger partial charge in [0, 0.05) is 25.0 Å². The highest BCUT2D eigenvalue weighted by atomic mass is 19.1. The third kappa shape index (κ3) is 3.10. The van der Waals surface area contributed by atoms with Crippen LogP contribution < -0.4 is 5.32 Å². The molecular formula is C17H23FN2O. The van der Waals surface area contributed by atoms with Gasteiger partial charge in [0.1, 0.15) is 5.82 Å². The molecule has 2 saturated heterocycles. The number of fused-ring (bicyclic) bond motifs is 2. The normalized spacial score (nSPS) is 26.5. The van der Waals surface area contributed by atoms with E-state index in [9.17, 15) is 9.18 Å². The molecule has 0 aromatic heterocycles. The molecule has 2 fully saturated rings. The van der Waals surface area contributed by atoms with Gasteiger partial charge in [-0.2, -0.15) is 0 Å². The Kier molecular flexibility index (Phi) is 4.24. The van der Waals surface area contributed by atoms with Crippen molar-refractivity contribution in [2.24, 2.45) is 0 Å². The van der Waals surface area contributed by atoms with Gasteiger partial charge < -0.3 is 10.2 Å². The van der Waals surface area contributed by atoms with Gasteiger partial charge in [0.25, 0.3) is 0 Å². The minimum atomic E-state index is -0.231. The van der Waals surface area contributed by atoms with Gasteiger partial charge >= 0.3 is 0 Å². The lowest BCUT2D eigenvalue weighted by Crippen LogP contribution is -2.42. The standard InChI is InChI=1S/C17H23FN2O/c1-12(13-3-2-4-14(18)10-13)9-17(21)20-15-5-6-16(20)11-19-8-7-15/h2-4,10,12,15-16,19H,5-9,11H2,1H3. The van der Waals surface area contributed by atoms with E-state index in [1.165, 1.54) is 12.1 Å². The molecule has 3 nitrogen and oxygen atoms in total. The average Bonchev–Trinajstić information content (AvgIpc) is 2.72. The first-order valence-electron chi connectivity index (χ1n) is 7.92. The van der Waals surface area contributed by atoms with Gasteiger partial charge in [0.05, 0.1) is 0 Å². The summed E-state index contributed by atoms with van der Waals surface area (Å²) in [6, 6.07) is 7.35. The predicted molar refractivity (Wildman–Crippen MR) is 80.6 cm³/mol. The summed E-state index contributed by atoms with van der Waals surface area (Å²) in [6.45, 7) is 3.92. The number of nitrogens with one attached hydrogen (secondary N) is 1. The molecule has 0 spiro atoms. The second kappa shape index (κ2) is 6.14. The summed E-state index contributed by atoms with van der Waals surface area (Å²) in [5.74, 6) is 0.0533. The number of hydrogen-bond acceptors (Lipinski definition) is 2. The van der Waals surface area contributed by atoms with E-state index in [4.69, 9.17) is 0 Å². The lowest BCUT2D eigenvalue weighted by molar-refractivity contribution is -0.134. The maximum atomic E-state index is 13.3. The summed E-state index contributed by atoms with van der Waals surface area (Å²) in [6.07, 6.45) is 3.76. The van der Waals surface area contributed by atoms with E-state index in [-0.39, 0.29) is 17.6 Å². The molecule has 3 atom stereocenters. The fourth-order valence-electron chi connectivity index (χ4n) is 3.69. The Hall–Kier alpha value is -1.42. The van der Waals surface area contributed by atoms with Crippen LogP contribution in [0.1, 0.15) is 44.1 Å². The number of halogens is 1. The number of hydrogen-bond donors (Lipinski definition) is 1. The van der Waals surface area contributed by atoms with Crippen molar-refractivity contribution in [2.45, 2.75) is 50.6 Å². The highest BCUT2D eigenvalue weighted by Gasteiger charge is 2.38. The number of rotatable bonds is 3. The summed E-state index contributed by atoms with van der Waals surface area (Å²) < 4.78 is 13.3. The number of nitrogens with zero attached hydrogens (tertiary/aromatic N) is 1. The molecule has 2 aliphatic rings. The maximum Gasteiger partial charge on any atom is 0.223 e. The average molecular weight is 290 g/mol. The second-order valence-corrected chi connectivity index (χ2v) is 6.34. The van der Waals surface area contributed by atoms with Crippen LogP contribution in [-0.2, 0) is 4.79 Å². The Morgan fingerprint density at radius 3 is 3.00 bits per heavy atom. The van der Waals surface area contributed by atoms with Crippen molar-refractivity contribution in [2.75, 3.05) is 13.1 Å². The van der Waals surface area contributed by atoms with Gasteiger partial charge in [0.2, 0.25) is 5.91 Å². The molecule has 21 heavy (non-hydrogen) atoms. The summed E-state index contributed by atoms with van der Waals surface area (Å²) in [5, 5.41) is 3.41. The molecule has 114 valence electrons. The van der Waals surface area contributed by atoms with Crippen LogP contribution in [0.4, 0.5) is 4.39 Å². The van der Waals surface area contributed by atoms with Gasteiger partial charge in [-0.05, 0) is 49.4 Å². The zero-order chi connectivity index (χ0) is 14.8. The Balaban J connectivity index is 1.68. The molecule has 4 heteroatoms. The molecule has 1 amide bonds. The van der Waals surface area contributed by atoms with E-state index < -0.39 is 0 Å². The van der Waals surface area contributed by atoms with Gasteiger partial charge in [-0.15, -0.1) is 0 Å². The Bertz CT molecular complexity index is 505. The predicted octanol–water partition coefficient (Wildman–Crippen LogP) is 2.67. The Morgan fingerprint density at radius 2 is 2.19 bits per heavy atom. The van der Waals surface area contributed by atoms with E-state index in [1.807, 2.05) is 13.0 Å². The van der Waals surface area contributed by atoms with Gasteiger partial charge in [0.15, 0.2) is 0 Å². The molecule has 2 bridgehead atoms. The van der Waals surface area contributed by atoms with Crippen LogP contribution in [0.25, 0.3) is 0 Å². The summed E-state index contributed by atoms with van der Waals surface area (Å²) in [7, 11) is 0. The van der Waals surface area contributed by atoms with Crippen LogP contribution in [0.15, 0.2) is 24.3 Å². The lowest BCUT2D eigenvalue weighted by atomic mass is 9.96. The molecule has 1 aromatic rings. The Morgan fingerprint density at radius 1 is 1.38 bits per heavy atom. The van der Waals surface area contributed by atoms with Gasteiger partial charge in [-0.3, -0.25) is 4.79 Å². The largest absolute Gasteiger partial charge is 0.335 e. The first-order valence-corrected chi connectivity index (χ1v) is 7.92. The van der Waals surface area contributed by atoms with E-state index >= 15 is 0 Å². The molecule has 2 heterocycles. The third-order valence-electron chi connectivity index (χ3n) is 4.84. The minimum absolute atomic E-state index is 0.0591. The molecule has 3 unspecified atom stereocenters. The van der Waals surface area contributed by atoms with E-state index in [2.05, 4.69) is 10.2 Å². The zero-order valence-corrected chi connectivity index (χ0v) is 12.5. The summed E-state index contributed by atoms with van der Waals surface area (Å²) in [4.78, 5) is 14.8. The van der Waals surface area contributed by atoms with E-state index in [0.29, 0.717) is 18.5 Å². The molecule has 0 aliphatic carbocycles. The van der Waals surface area contributed by atoms with Crippen molar-refractivity contribution in [1.29, 1.82) is 0 Å². The van der Waals surface area contributed by atoms with Crippen molar-refractivity contribution < 1.29 is 9.18 Å². The quantitative estimate of drug-likeness (QED) is 0.928. The number of benzene rings is 1. The molecule has 0 radical (unpaired) electrons. The number of amides is 1. The van der Waals surface area contributed by atoms with Crippen molar-refractivity contribution >= 4 is 5.91 Å². The smallest absolute Gasteiger partial charge is 0.223 e. The van der Waals surface area contributed by atoms with Crippen LogP contribution in [0, 0.1) is 5.82 Å². The lowest BCUT2D eigenvalue weighted by Gasteiger charge is -2.29. The highest BCUT2D eigenvalue weighted by molar-refractivity contribution is 5.78. The van der Waals surface area contributed by atoms with Crippen molar-refractivity contribution in [3.05, 3.63) is 35.6 Å². The van der Waals surface area contributed by atoms with E-state index in [1.54, 1.807) is 6.07 Å². The first kappa shape index (κ1) is 14.5. The van der Waals surface area contributed by atoms with Crippen molar-refractivity contribution in [1.82, 2.24) is 10.2 Å². The first-order chi connectivity index (χ1) is 10.1. The van der Waals surface area contributed by atoms with E-state index in [0.717, 1.165) is 37.9 Å². The monoisotopic (exact) mass is 290 g/mol. The highest BCUT2D eigenvalue weighted by Crippen LogP contribution is 2.30. The maximum absolute atomic E-state index is 13.3. The SMILES string of the molecule is CC(CC(=O)N1C2CCNCC1CC2)c1cccc(F)c1. The second-order valence-electron chi connectivity index (χ2n) is 6.34. The fourth-order valence-corrected chi connectivity index (χ4v) is 3.69. The fraction of sp³-hybridized carbons (Fsp3) is 0.588. The van der Waals surface area contributed by atoms with Crippen LogP contribution in [0.2, 0.25) is 0 Å². The Labute approximate surface area is 125 Å². The van der Waals surface area contributed by atoms with Crippen molar-refractivity contribution in [3.8, 4) is 0 Å². The molecule has 2 aliphatic heterocycles. The van der Waals surface area contributed by atoms with Gasteiger partial charge in [-0.1, -0.05) is 19.1 Å². The van der Waals surface area contributed by atoms with Crippen molar-refractivity contribution in [3.63, 3.8) is 0 Å². The van der Waals surface area contributed by atoms with Gasteiger partial charge in [-0.25, -0.2) is 4.39 Å². The third-order valence-corrected chi connectivity index (χ3v) is 4.84. The van der Waals surface area contributed by atoms with Crippen LogP contribution in [0.3, 0.4) is 0 Å². The van der Waals surface area contributed by atoms with Crippen LogP contribution in [-0.4, -0.2) is 36.0 Å². The zero-order valence-electron chi connectivity index (χ0n) is 12.5.